The minimum Gasteiger partial charge on any atom is -0.392 e. The highest BCUT2D eigenvalue weighted by molar-refractivity contribution is 5.73. The molecule has 126 valence electrons. The van der Waals surface area contributed by atoms with Crippen LogP contribution in [0.4, 0.5) is 0 Å². The van der Waals surface area contributed by atoms with Crippen LogP contribution in [-0.2, 0) is 5.41 Å². The molecule has 1 unspecified atom stereocenters. The smallest absolute Gasteiger partial charge is 0.113 e. The molecule has 0 aliphatic rings. The fraction of sp³-hybridized carbons (Fsp3) is 0.400. The van der Waals surface area contributed by atoms with Gasteiger partial charge in [-0.15, -0.1) is 10.2 Å². The molecule has 3 aromatic rings. The fourth-order valence-electron chi connectivity index (χ4n) is 3.25. The van der Waals surface area contributed by atoms with E-state index in [2.05, 4.69) is 56.9 Å². The van der Waals surface area contributed by atoms with Crippen LogP contribution in [0.25, 0.3) is 16.7 Å². The van der Waals surface area contributed by atoms with Crippen molar-refractivity contribution < 1.29 is 5.11 Å². The molecule has 1 aromatic heterocycles. The van der Waals surface area contributed by atoms with Crippen LogP contribution < -0.4 is 0 Å². The van der Waals surface area contributed by atoms with E-state index in [0.717, 1.165) is 22.3 Å². The van der Waals surface area contributed by atoms with Gasteiger partial charge in [-0.25, -0.2) is 0 Å². The molecular weight excluding hydrogens is 298 g/mol. The summed E-state index contributed by atoms with van der Waals surface area (Å²) in [6.45, 7) is 10.3. The summed E-state index contributed by atoms with van der Waals surface area (Å²) < 4.78 is 0. The quantitative estimate of drug-likeness (QED) is 0.789. The van der Waals surface area contributed by atoms with Gasteiger partial charge in [0.05, 0.1) is 11.8 Å². The van der Waals surface area contributed by atoms with Crippen molar-refractivity contribution in [1.82, 2.24) is 15.0 Å². The molecule has 0 saturated carbocycles. The highest BCUT2D eigenvalue weighted by Crippen LogP contribution is 2.37. The van der Waals surface area contributed by atoms with Crippen LogP contribution in [0.3, 0.4) is 0 Å². The monoisotopic (exact) mass is 323 g/mol. The molecule has 0 aliphatic carbocycles. The van der Waals surface area contributed by atoms with E-state index in [-0.39, 0.29) is 10.8 Å². The molecule has 4 nitrogen and oxygen atoms in total. The number of aliphatic hydroxyl groups excluding tert-OH is 1. The average molecular weight is 323 g/mol. The summed E-state index contributed by atoms with van der Waals surface area (Å²) in [7, 11) is 0. The predicted molar refractivity (Wildman–Crippen MR) is 97.4 cm³/mol. The van der Waals surface area contributed by atoms with Gasteiger partial charge in [-0.2, -0.15) is 4.80 Å². The first-order valence-electron chi connectivity index (χ1n) is 8.31. The van der Waals surface area contributed by atoms with Gasteiger partial charge in [-0.1, -0.05) is 58.9 Å². The Bertz CT molecular complexity index is 825. The molecular formula is C20H25N3O. The van der Waals surface area contributed by atoms with E-state index in [1.807, 2.05) is 36.4 Å². The second kappa shape index (κ2) is 5.71. The molecule has 1 atom stereocenters. The molecule has 0 radical (unpaired) electrons. The minimum atomic E-state index is -0.468. The Morgan fingerprint density at radius 1 is 0.875 bits per heavy atom. The Kier molecular flexibility index (Phi) is 3.96. The highest BCUT2D eigenvalue weighted by Gasteiger charge is 2.38. The third kappa shape index (κ3) is 2.94. The normalized spacial score (nSPS) is 14.1. The summed E-state index contributed by atoms with van der Waals surface area (Å²) in [6.07, 6.45) is -0.468. The first kappa shape index (κ1) is 16.7. The number of aliphatic hydroxyl groups is 1. The minimum absolute atomic E-state index is 0.196. The van der Waals surface area contributed by atoms with Crippen LogP contribution in [-0.4, -0.2) is 26.2 Å². The van der Waals surface area contributed by atoms with Gasteiger partial charge in [0, 0.05) is 5.41 Å². The number of aromatic nitrogens is 3. The molecule has 0 fully saturated rings. The molecule has 0 bridgehead atoms. The van der Waals surface area contributed by atoms with Crippen molar-refractivity contribution in [3.8, 4) is 5.69 Å². The zero-order valence-corrected chi connectivity index (χ0v) is 15.0. The van der Waals surface area contributed by atoms with Gasteiger partial charge in [-0.05, 0) is 35.2 Å². The highest BCUT2D eigenvalue weighted by atomic mass is 16.3. The fourth-order valence-corrected chi connectivity index (χ4v) is 3.25. The first-order chi connectivity index (χ1) is 11.2. The van der Waals surface area contributed by atoms with Crippen molar-refractivity contribution >= 4 is 11.0 Å². The molecule has 0 saturated heterocycles. The number of benzene rings is 2. The van der Waals surface area contributed by atoms with Gasteiger partial charge >= 0.3 is 0 Å². The van der Waals surface area contributed by atoms with Gasteiger partial charge in [0.25, 0.3) is 0 Å². The largest absolute Gasteiger partial charge is 0.392 e. The molecule has 24 heavy (non-hydrogen) atoms. The van der Waals surface area contributed by atoms with E-state index < -0.39 is 6.10 Å². The first-order valence-corrected chi connectivity index (χ1v) is 8.31. The Morgan fingerprint density at radius 3 is 2.00 bits per heavy atom. The van der Waals surface area contributed by atoms with Crippen LogP contribution in [0.2, 0.25) is 0 Å². The molecule has 1 heterocycles. The van der Waals surface area contributed by atoms with Crippen molar-refractivity contribution in [3.05, 3.63) is 54.1 Å². The van der Waals surface area contributed by atoms with Gasteiger partial charge in [-0.3, -0.25) is 0 Å². The van der Waals surface area contributed by atoms with Crippen molar-refractivity contribution in [2.75, 3.05) is 0 Å². The molecule has 3 rings (SSSR count). The lowest BCUT2D eigenvalue weighted by Gasteiger charge is -2.39. The second-order valence-corrected chi connectivity index (χ2v) is 8.02. The Balaban J connectivity index is 2.03. The van der Waals surface area contributed by atoms with Gasteiger partial charge in [0.2, 0.25) is 0 Å². The third-order valence-electron chi connectivity index (χ3n) is 4.61. The second-order valence-electron chi connectivity index (χ2n) is 8.02. The summed E-state index contributed by atoms with van der Waals surface area (Å²) in [5, 5.41) is 19.9. The lowest BCUT2D eigenvalue weighted by atomic mass is 9.69. The third-order valence-corrected chi connectivity index (χ3v) is 4.61. The zero-order valence-electron chi connectivity index (χ0n) is 15.0. The summed E-state index contributed by atoms with van der Waals surface area (Å²) >= 11 is 0. The maximum absolute atomic E-state index is 10.8. The van der Waals surface area contributed by atoms with E-state index in [4.69, 9.17) is 0 Å². The standard InChI is InChI=1S/C20H25N3O/c1-19(2,3)18(24)20(4,5)14-9-8-10-15(13-14)23-21-16-11-6-7-12-17(16)22-23/h6-13,18,24H,1-5H3. The molecule has 0 aliphatic heterocycles. The van der Waals surface area contributed by atoms with Crippen LogP contribution in [0.15, 0.2) is 48.5 Å². The Hall–Kier alpha value is -2.20. The number of fused-ring (bicyclic) bond motifs is 1. The van der Waals surface area contributed by atoms with Crippen LogP contribution in [0.1, 0.15) is 40.2 Å². The average Bonchev–Trinajstić information content (AvgIpc) is 2.97. The number of hydrogen-bond donors (Lipinski definition) is 1. The van der Waals surface area contributed by atoms with Crippen molar-refractivity contribution in [3.63, 3.8) is 0 Å². The molecule has 1 N–H and O–H groups in total. The van der Waals surface area contributed by atoms with E-state index in [1.54, 1.807) is 4.80 Å². The van der Waals surface area contributed by atoms with Gasteiger partial charge in [0.1, 0.15) is 11.0 Å². The number of hydrogen-bond acceptors (Lipinski definition) is 3. The van der Waals surface area contributed by atoms with Crippen molar-refractivity contribution in [1.29, 1.82) is 0 Å². The van der Waals surface area contributed by atoms with E-state index in [9.17, 15) is 5.11 Å². The molecule has 4 heteroatoms. The Labute approximate surface area is 143 Å². The van der Waals surface area contributed by atoms with Crippen molar-refractivity contribution in [2.45, 2.75) is 46.1 Å². The van der Waals surface area contributed by atoms with Crippen LogP contribution >= 0.6 is 0 Å². The predicted octanol–water partition coefficient (Wildman–Crippen LogP) is 4.11. The van der Waals surface area contributed by atoms with E-state index in [0.29, 0.717) is 0 Å². The Morgan fingerprint density at radius 2 is 1.46 bits per heavy atom. The molecule has 2 aromatic carbocycles. The van der Waals surface area contributed by atoms with Crippen LogP contribution in [0.5, 0.6) is 0 Å². The number of rotatable bonds is 3. The van der Waals surface area contributed by atoms with Gasteiger partial charge in [0.15, 0.2) is 0 Å². The number of nitrogens with zero attached hydrogens (tertiary/aromatic N) is 3. The zero-order chi connectivity index (χ0) is 17.5. The topological polar surface area (TPSA) is 50.9 Å². The summed E-state index contributed by atoms with van der Waals surface area (Å²) in [6, 6.07) is 15.9. The maximum atomic E-state index is 10.8. The van der Waals surface area contributed by atoms with Crippen LogP contribution in [0, 0.1) is 5.41 Å². The lowest BCUT2D eigenvalue weighted by Crippen LogP contribution is -2.43. The van der Waals surface area contributed by atoms with Crippen molar-refractivity contribution in [2.24, 2.45) is 5.41 Å². The molecule has 0 amide bonds. The lowest BCUT2D eigenvalue weighted by molar-refractivity contribution is 0.00544. The summed E-state index contributed by atoms with van der Waals surface area (Å²) in [5.74, 6) is 0. The summed E-state index contributed by atoms with van der Waals surface area (Å²) in [5.41, 5.74) is 3.15. The maximum Gasteiger partial charge on any atom is 0.113 e. The van der Waals surface area contributed by atoms with Gasteiger partial charge < -0.3 is 5.11 Å². The SMILES string of the molecule is CC(C)(C)C(O)C(C)(C)c1cccc(-n2nc3ccccc3n2)c1. The summed E-state index contributed by atoms with van der Waals surface area (Å²) in [4.78, 5) is 1.66. The van der Waals surface area contributed by atoms with E-state index >= 15 is 0 Å². The molecule has 0 spiro atoms. The van der Waals surface area contributed by atoms with E-state index in [1.165, 1.54) is 0 Å².